The maximum atomic E-state index is 11.9. The van der Waals surface area contributed by atoms with Crippen LogP contribution in [0.1, 0.15) is 19.8 Å². The van der Waals surface area contributed by atoms with Gasteiger partial charge in [-0.15, -0.1) is 0 Å². The first-order valence-corrected chi connectivity index (χ1v) is 6.36. The highest BCUT2D eigenvalue weighted by atomic mass is 16.5. The standard InChI is InChI=1S/C12H25N3O2/c1-10(12(16)14-6-4-8-17-3)15(2)11-5-7-13-9-11/h10-11,13H,4-9H2,1-3H3,(H,14,16). The largest absolute Gasteiger partial charge is 0.385 e. The lowest BCUT2D eigenvalue weighted by molar-refractivity contribution is -0.126. The first kappa shape index (κ1) is 14.4. The first-order valence-electron chi connectivity index (χ1n) is 6.36. The molecule has 0 aromatic heterocycles. The van der Waals surface area contributed by atoms with Gasteiger partial charge in [0, 0.05) is 32.8 Å². The number of carbonyl (C=O) groups excluding carboxylic acids is 1. The molecule has 2 atom stereocenters. The Morgan fingerprint density at radius 2 is 2.41 bits per heavy atom. The van der Waals surface area contributed by atoms with Gasteiger partial charge in [-0.2, -0.15) is 0 Å². The molecule has 0 aliphatic carbocycles. The number of nitrogens with zero attached hydrogens (tertiary/aromatic N) is 1. The molecule has 2 N–H and O–H groups in total. The molecule has 1 saturated heterocycles. The Kier molecular flexibility index (Phi) is 6.47. The monoisotopic (exact) mass is 243 g/mol. The zero-order valence-electron chi connectivity index (χ0n) is 11.2. The summed E-state index contributed by atoms with van der Waals surface area (Å²) in [4.78, 5) is 14.0. The SMILES string of the molecule is COCCCNC(=O)C(C)N(C)C1CCNC1. The van der Waals surface area contributed by atoms with Crippen molar-refractivity contribution in [2.45, 2.75) is 31.8 Å². The summed E-state index contributed by atoms with van der Waals surface area (Å²) in [6, 6.07) is 0.414. The van der Waals surface area contributed by atoms with E-state index in [0.29, 0.717) is 19.2 Å². The number of nitrogens with one attached hydrogen (secondary N) is 2. The lowest BCUT2D eigenvalue weighted by atomic mass is 10.1. The fraction of sp³-hybridized carbons (Fsp3) is 0.917. The lowest BCUT2D eigenvalue weighted by Gasteiger charge is -2.29. The molecule has 0 radical (unpaired) electrons. The van der Waals surface area contributed by atoms with Crippen molar-refractivity contribution >= 4 is 5.91 Å². The smallest absolute Gasteiger partial charge is 0.237 e. The average molecular weight is 243 g/mol. The van der Waals surface area contributed by atoms with Crippen LogP contribution in [0.15, 0.2) is 0 Å². The molecule has 0 bridgehead atoms. The van der Waals surface area contributed by atoms with E-state index in [2.05, 4.69) is 15.5 Å². The number of carbonyl (C=O) groups is 1. The molecule has 1 heterocycles. The van der Waals surface area contributed by atoms with E-state index in [1.165, 1.54) is 0 Å². The fourth-order valence-corrected chi connectivity index (χ4v) is 2.06. The Morgan fingerprint density at radius 3 is 3.00 bits per heavy atom. The van der Waals surface area contributed by atoms with E-state index in [1.54, 1.807) is 7.11 Å². The molecule has 1 fully saturated rings. The van der Waals surface area contributed by atoms with Crippen LogP contribution in [0.5, 0.6) is 0 Å². The summed E-state index contributed by atoms with van der Waals surface area (Å²) in [5.74, 6) is 0.107. The molecular formula is C12H25N3O2. The van der Waals surface area contributed by atoms with Crippen molar-refractivity contribution in [2.75, 3.05) is 40.4 Å². The van der Waals surface area contributed by atoms with E-state index in [1.807, 2.05) is 14.0 Å². The second kappa shape index (κ2) is 7.63. The van der Waals surface area contributed by atoms with Crippen molar-refractivity contribution in [2.24, 2.45) is 0 Å². The summed E-state index contributed by atoms with van der Waals surface area (Å²) < 4.78 is 4.94. The Hall–Kier alpha value is -0.650. The van der Waals surface area contributed by atoms with Crippen molar-refractivity contribution in [3.63, 3.8) is 0 Å². The minimum Gasteiger partial charge on any atom is -0.385 e. The zero-order chi connectivity index (χ0) is 12.7. The molecule has 1 amide bonds. The second-order valence-electron chi connectivity index (χ2n) is 4.63. The van der Waals surface area contributed by atoms with Crippen LogP contribution in [0.2, 0.25) is 0 Å². The van der Waals surface area contributed by atoms with Gasteiger partial charge in [0.2, 0.25) is 5.91 Å². The summed E-state index contributed by atoms with van der Waals surface area (Å²) in [7, 11) is 3.70. The predicted molar refractivity (Wildman–Crippen MR) is 68.0 cm³/mol. The van der Waals surface area contributed by atoms with Crippen LogP contribution < -0.4 is 10.6 Å². The maximum absolute atomic E-state index is 11.9. The van der Waals surface area contributed by atoms with Crippen molar-refractivity contribution in [1.29, 1.82) is 0 Å². The van der Waals surface area contributed by atoms with Crippen LogP contribution in [0.25, 0.3) is 0 Å². The van der Waals surface area contributed by atoms with Crippen LogP contribution >= 0.6 is 0 Å². The molecule has 17 heavy (non-hydrogen) atoms. The Balaban J connectivity index is 2.24. The van der Waals surface area contributed by atoms with Gasteiger partial charge in [-0.25, -0.2) is 0 Å². The lowest BCUT2D eigenvalue weighted by Crippen LogP contribution is -2.48. The second-order valence-corrected chi connectivity index (χ2v) is 4.63. The maximum Gasteiger partial charge on any atom is 0.237 e. The van der Waals surface area contributed by atoms with Gasteiger partial charge >= 0.3 is 0 Å². The molecule has 1 aliphatic heterocycles. The molecule has 5 nitrogen and oxygen atoms in total. The number of likely N-dealkylation sites (N-methyl/N-ethyl adjacent to an activating group) is 1. The molecule has 0 aromatic carbocycles. The average Bonchev–Trinajstić information content (AvgIpc) is 2.86. The highest BCUT2D eigenvalue weighted by Gasteiger charge is 2.26. The van der Waals surface area contributed by atoms with Gasteiger partial charge in [0.25, 0.3) is 0 Å². The number of ether oxygens (including phenoxy) is 1. The number of methoxy groups -OCH3 is 1. The van der Waals surface area contributed by atoms with Crippen LogP contribution in [0, 0.1) is 0 Å². The third-order valence-electron chi connectivity index (χ3n) is 3.43. The normalized spacial score (nSPS) is 21.8. The minimum absolute atomic E-state index is 0.0672. The van der Waals surface area contributed by atoms with Crippen LogP contribution in [0.3, 0.4) is 0 Å². The summed E-state index contributed by atoms with van der Waals surface area (Å²) in [6.45, 7) is 5.38. The molecule has 1 aliphatic rings. The summed E-state index contributed by atoms with van der Waals surface area (Å²) in [5.41, 5.74) is 0. The summed E-state index contributed by atoms with van der Waals surface area (Å²) in [6.07, 6.45) is 1.99. The zero-order valence-corrected chi connectivity index (χ0v) is 11.2. The Morgan fingerprint density at radius 1 is 1.65 bits per heavy atom. The third kappa shape index (κ3) is 4.61. The van der Waals surface area contributed by atoms with Crippen LogP contribution in [-0.2, 0) is 9.53 Å². The van der Waals surface area contributed by atoms with Gasteiger partial charge in [0.15, 0.2) is 0 Å². The van der Waals surface area contributed by atoms with Gasteiger partial charge in [-0.05, 0) is 33.4 Å². The van der Waals surface area contributed by atoms with E-state index in [-0.39, 0.29) is 11.9 Å². The molecule has 2 unspecified atom stereocenters. The van der Waals surface area contributed by atoms with E-state index in [4.69, 9.17) is 4.74 Å². The van der Waals surface area contributed by atoms with Gasteiger partial charge < -0.3 is 15.4 Å². The van der Waals surface area contributed by atoms with E-state index in [9.17, 15) is 4.79 Å². The quantitative estimate of drug-likeness (QED) is 0.609. The molecule has 0 spiro atoms. The topological polar surface area (TPSA) is 53.6 Å². The highest BCUT2D eigenvalue weighted by molar-refractivity contribution is 5.81. The van der Waals surface area contributed by atoms with E-state index < -0.39 is 0 Å². The summed E-state index contributed by atoms with van der Waals surface area (Å²) >= 11 is 0. The van der Waals surface area contributed by atoms with Gasteiger partial charge in [0.05, 0.1) is 6.04 Å². The molecule has 5 heteroatoms. The Bertz CT molecular complexity index is 230. The summed E-state index contributed by atoms with van der Waals surface area (Å²) in [5, 5.41) is 6.26. The van der Waals surface area contributed by atoms with E-state index >= 15 is 0 Å². The fourth-order valence-electron chi connectivity index (χ4n) is 2.06. The predicted octanol–water partition coefficient (Wildman–Crippen LogP) is -0.179. The first-order chi connectivity index (χ1) is 8.16. The van der Waals surface area contributed by atoms with Gasteiger partial charge in [-0.3, -0.25) is 9.69 Å². The number of amides is 1. The van der Waals surface area contributed by atoms with Crippen molar-refractivity contribution in [1.82, 2.24) is 15.5 Å². The molecule has 1 rings (SSSR count). The van der Waals surface area contributed by atoms with E-state index in [0.717, 1.165) is 25.9 Å². The minimum atomic E-state index is -0.0672. The van der Waals surface area contributed by atoms with Gasteiger partial charge in [0.1, 0.15) is 0 Å². The van der Waals surface area contributed by atoms with Crippen molar-refractivity contribution in [3.05, 3.63) is 0 Å². The number of hydrogen-bond acceptors (Lipinski definition) is 4. The van der Waals surface area contributed by atoms with Crippen molar-refractivity contribution < 1.29 is 9.53 Å². The molecule has 100 valence electrons. The third-order valence-corrected chi connectivity index (χ3v) is 3.43. The number of hydrogen-bond donors (Lipinski definition) is 2. The van der Waals surface area contributed by atoms with Gasteiger partial charge in [-0.1, -0.05) is 0 Å². The molecule has 0 aromatic rings. The highest BCUT2D eigenvalue weighted by Crippen LogP contribution is 2.09. The Labute approximate surface area is 104 Å². The molecule has 0 saturated carbocycles. The number of rotatable bonds is 7. The molecular weight excluding hydrogens is 218 g/mol. The van der Waals surface area contributed by atoms with Crippen LogP contribution in [0.4, 0.5) is 0 Å². The van der Waals surface area contributed by atoms with Crippen LogP contribution in [-0.4, -0.2) is 63.3 Å². The van der Waals surface area contributed by atoms with Crippen molar-refractivity contribution in [3.8, 4) is 0 Å².